The van der Waals surface area contributed by atoms with Crippen LogP contribution in [0, 0.1) is 0 Å². The summed E-state index contributed by atoms with van der Waals surface area (Å²) >= 11 is 1.46. The van der Waals surface area contributed by atoms with Crippen LogP contribution in [0.5, 0.6) is 11.5 Å². The monoisotopic (exact) mass is 389 g/mol. The van der Waals surface area contributed by atoms with E-state index < -0.39 is 0 Å². The fraction of sp³-hybridized carbons (Fsp3) is 0.421. The van der Waals surface area contributed by atoms with Gasteiger partial charge in [0.2, 0.25) is 5.91 Å². The van der Waals surface area contributed by atoms with E-state index in [0.29, 0.717) is 34.6 Å². The van der Waals surface area contributed by atoms with E-state index in [2.05, 4.69) is 22.2 Å². The van der Waals surface area contributed by atoms with Crippen molar-refractivity contribution >= 4 is 23.5 Å². The number of aromatic nitrogens is 2. The van der Waals surface area contributed by atoms with Gasteiger partial charge < -0.3 is 19.8 Å². The molecule has 1 aliphatic heterocycles. The van der Waals surface area contributed by atoms with Crippen LogP contribution >= 0.6 is 11.8 Å². The van der Waals surface area contributed by atoms with Crippen molar-refractivity contribution in [3.8, 4) is 11.5 Å². The molecule has 27 heavy (non-hydrogen) atoms. The van der Waals surface area contributed by atoms with Gasteiger partial charge in [-0.05, 0) is 31.0 Å². The predicted octanol–water partition coefficient (Wildman–Crippen LogP) is 3.15. The molecule has 144 valence electrons. The Kier molecular flexibility index (Phi) is 6.05. The molecule has 1 atom stereocenters. The smallest absolute Gasteiger partial charge is 0.257 e. The zero-order valence-electron chi connectivity index (χ0n) is 15.6. The first-order valence-electron chi connectivity index (χ1n) is 8.94. The Morgan fingerprint density at radius 2 is 2.07 bits per heavy atom. The highest BCUT2D eigenvalue weighted by Gasteiger charge is 2.31. The highest BCUT2D eigenvalue weighted by molar-refractivity contribution is 7.99. The van der Waals surface area contributed by atoms with Crippen molar-refractivity contribution in [1.29, 1.82) is 0 Å². The van der Waals surface area contributed by atoms with E-state index in [0.717, 1.165) is 17.7 Å². The molecule has 3 rings (SSSR count). The van der Waals surface area contributed by atoms with Crippen molar-refractivity contribution in [1.82, 2.24) is 9.97 Å². The van der Waals surface area contributed by atoms with E-state index in [1.165, 1.54) is 11.8 Å². The summed E-state index contributed by atoms with van der Waals surface area (Å²) in [7, 11) is 1.56. The van der Waals surface area contributed by atoms with Crippen LogP contribution < -0.4 is 20.3 Å². The molecule has 0 spiro atoms. The van der Waals surface area contributed by atoms with Gasteiger partial charge in [-0.1, -0.05) is 24.8 Å². The van der Waals surface area contributed by atoms with Gasteiger partial charge in [-0.25, -0.2) is 4.98 Å². The Labute approximate surface area is 161 Å². The number of methoxy groups -OCH3 is 1. The molecule has 0 saturated carbocycles. The predicted molar refractivity (Wildman–Crippen MR) is 105 cm³/mol. The normalized spacial score (nSPS) is 15.8. The minimum atomic E-state index is -0.389. The van der Waals surface area contributed by atoms with Gasteiger partial charge in [-0.15, -0.1) is 0 Å². The number of hydrogen-bond donors (Lipinski definition) is 2. The van der Waals surface area contributed by atoms with Gasteiger partial charge in [0.05, 0.1) is 19.3 Å². The number of anilines is 1. The quantitative estimate of drug-likeness (QED) is 0.558. The first kappa shape index (κ1) is 19.3. The van der Waals surface area contributed by atoms with Crippen LogP contribution in [-0.4, -0.2) is 35.3 Å². The molecule has 0 fully saturated rings. The number of aromatic amines is 1. The van der Waals surface area contributed by atoms with Crippen LogP contribution in [0.2, 0.25) is 0 Å². The number of nitrogens with zero attached hydrogens (tertiary/aromatic N) is 1. The van der Waals surface area contributed by atoms with E-state index in [4.69, 9.17) is 9.47 Å². The number of carbonyl (C=O) groups is 1. The number of benzene rings is 1. The van der Waals surface area contributed by atoms with Gasteiger partial charge >= 0.3 is 0 Å². The number of nitrogens with one attached hydrogen (secondary N) is 2. The fourth-order valence-corrected chi connectivity index (χ4v) is 3.80. The third-order valence-corrected chi connectivity index (χ3v) is 5.34. The number of fused-ring (bicyclic) bond motifs is 1. The van der Waals surface area contributed by atoms with Crippen molar-refractivity contribution < 1.29 is 14.3 Å². The average molecular weight is 389 g/mol. The lowest BCUT2D eigenvalue weighted by atomic mass is 9.86. The standard InChI is InChI=1S/C19H23N3O4S/c1-4-8-27-19-21-17-16(18(24)22-19)12(10-15(23)20-17)11-6-7-13(26-5-2)14(9-11)25-3/h6-7,9,12H,4-5,8,10H2,1-3H3,(H2,20,21,22,23,24). The first-order chi connectivity index (χ1) is 13.1. The van der Waals surface area contributed by atoms with Crippen molar-refractivity contribution in [2.24, 2.45) is 0 Å². The summed E-state index contributed by atoms with van der Waals surface area (Å²) in [6.07, 6.45) is 1.14. The lowest BCUT2D eigenvalue weighted by Gasteiger charge is -2.25. The molecule has 1 aliphatic rings. The van der Waals surface area contributed by atoms with Gasteiger partial charge in [0.1, 0.15) is 5.82 Å². The number of carbonyl (C=O) groups excluding carboxylic acids is 1. The van der Waals surface area contributed by atoms with E-state index in [1.54, 1.807) is 13.2 Å². The lowest BCUT2D eigenvalue weighted by Crippen LogP contribution is -2.31. The van der Waals surface area contributed by atoms with Crippen LogP contribution in [-0.2, 0) is 4.79 Å². The zero-order chi connectivity index (χ0) is 19.4. The maximum atomic E-state index is 12.7. The molecule has 1 unspecified atom stereocenters. The molecule has 0 radical (unpaired) electrons. The molecule has 1 aromatic heterocycles. The van der Waals surface area contributed by atoms with Crippen LogP contribution in [0.15, 0.2) is 28.2 Å². The Morgan fingerprint density at radius 3 is 2.78 bits per heavy atom. The average Bonchev–Trinajstić information content (AvgIpc) is 2.66. The third-order valence-electron chi connectivity index (χ3n) is 4.26. The molecule has 2 N–H and O–H groups in total. The van der Waals surface area contributed by atoms with E-state index in [1.807, 2.05) is 19.1 Å². The van der Waals surface area contributed by atoms with Crippen LogP contribution in [0.1, 0.15) is 43.7 Å². The molecule has 0 saturated heterocycles. The summed E-state index contributed by atoms with van der Waals surface area (Å²) in [5.41, 5.74) is 1.06. The Balaban J connectivity index is 2.04. The summed E-state index contributed by atoms with van der Waals surface area (Å²) in [6, 6.07) is 5.48. The summed E-state index contributed by atoms with van der Waals surface area (Å²) < 4.78 is 11.0. The topological polar surface area (TPSA) is 93.3 Å². The second-order valence-electron chi connectivity index (χ2n) is 6.13. The summed E-state index contributed by atoms with van der Waals surface area (Å²) in [5.74, 6) is 1.83. The van der Waals surface area contributed by atoms with E-state index >= 15 is 0 Å². The number of rotatable bonds is 7. The highest BCUT2D eigenvalue weighted by Crippen LogP contribution is 2.38. The molecule has 2 heterocycles. The highest BCUT2D eigenvalue weighted by atomic mass is 32.2. The van der Waals surface area contributed by atoms with Gasteiger partial charge in [-0.3, -0.25) is 9.59 Å². The second kappa shape index (κ2) is 8.47. The zero-order valence-corrected chi connectivity index (χ0v) is 16.4. The lowest BCUT2D eigenvalue weighted by molar-refractivity contribution is -0.116. The van der Waals surface area contributed by atoms with Crippen LogP contribution in [0.25, 0.3) is 0 Å². The van der Waals surface area contributed by atoms with Gasteiger partial charge in [0.25, 0.3) is 5.56 Å². The van der Waals surface area contributed by atoms with E-state index in [-0.39, 0.29) is 23.8 Å². The van der Waals surface area contributed by atoms with Gasteiger partial charge in [-0.2, -0.15) is 0 Å². The van der Waals surface area contributed by atoms with Crippen LogP contribution in [0.3, 0.4) is 0 Å². The Bertz CT molecular complexity index is 897. The third kappa shape index (κ3) is 4.10. The number of H-pyrrole nitrogens is 1. The molecule has 1 aromatic carbocycles. The maximum Gasteiger partial charge on any atom is 0.257 e. The minimum absolute atomic E-state index is 0.162. The summed E-state index contributed by atoms with van der Waals surface area (Å²) in [6.45, 7) is 4.47. The molecular weight excluding hydrogens is 366 g/mol. The second-order valence-corrected chi connectivity index (χ2v) is 7.21. The molecule has 7 nitrogen and oxygen atoms in total. The largest absolute Gasteiger partial charge is 0.493 e. The Morgan fingerprint density at radius 1 is 1.26 bits per heavy atom. The maximum absolute atomic E-state index is 12.7. The molecule has 0 aliphatic carbocycles. The minimum Gasteiger partial charge on any atom is -0.493 e. The first-order valence-corrected chi connectivity index (χ1v) is 9.93. The summed E-state index contributed by atoms with van der Waals surface area (Å²) in [4.78, 5) is 32.3. The number of thioether (sulfide) groups is 1. The van der Waals surface area contributed by atoms with Crippen molar-refractivity contribution in [2.75, 3.05) is 24.8 Å². The summed E-state index contributed by atoms with van der Waals surface area (Å²) in [5, 5.41) is 3.26. The molecule has 1 amide bonds. The SMILES string of the molecule is CCCSc1nc2c(c(=O)[nH]1)C(c1ccc(OCC)c(OC)c1)CC(=O)N2. The number of hydrogen-bond acceptors (Lipinski definition) is 6. The molecule has 2 aromatic rings. The van der Waals surface area contributed by atoms with Crippen molar-refractivity contribution in [3.05, 3.63) is 39.7 Å². The number of ether oxygens (including phenoxy) is 2. The molecule has 0 bridgehead atoms. The Hall–Kier alpha value is -2.48. The van der Waals surface area contributed by atoms with Gasteiger partial charge in [0, 0.05) is 18.1 Å². The van der Waals surface area contributed by atoms with Crippen molar-refractivity contribution in [2.45, 2.75) is 37.8 Å². The number of amides is 1. The van der Waals surface area contributed by atoms with E-state index in [9.17, 15) is 9.59 Å². The fourth-order valence-electron chi connectivity index (χ4n) is 3.08. The van der Waals surface area contributed by atoms with Crippen LogP contribution in [0.4, 0.5) is 5.82 Å². The van der Waals surface area contributed by atoms with Gasteiger partial charge in [0.15, 0.2) is 16.7 Å². The molecular formula is C19H23N3O4S. The van der Waals surface area contributed by atoms with Crippen molar-refractivity contribution in [3.63, 3.8) is 0 Å². The molecule has 8 heteroatoms.